The molecule has 0 radical (unpaired) electrons. The molecule has 2 atom stereocenters. The third-order valence-electron chi connectivity index (χ3n) is 4.83. The fraction of sp³-hybridized carbons (Fsp3) is 0.417. The molecule has 2 amide bonds. The van der Waals surface area contributed by atoms with Gasteiger partial charge in [0.05, 0.1) is 5.92 Å². The van der Waals surface area contributed by atoms with Crippen LogP contribution in [-0.4, -0.2) is 36.9 Å². The molecule has 0 fully saturated rings. The lowest BCUT2D eigenvalue weighted by Crippen LogP contribution is -2.42. The Morgan fingerprint density at radius 1 is 1.00 bits per heavy atom. The highest BCUT2D eigenvalue weighted by atomic mass is 79.9. The van der Waals surface area contributed by atoms with E-state index in [0.717, 1.165) is 10.0 Å². The fourth-order valence-electron chi connectivity index (χ4n) is 3.33. The number of amides is 2. The zero-order valence-electron chi connectivity index (χ0n) is 18.9. The fourth-order valence-corrected chi connectivity index (χ4v) is 3.59. The van der Waals surface area contributed by atoms with Crippen LogP contribution in [0.3, 0.4) is 0 Å². The van der Waals surface area contributed by atoms with Gasteiger partial charge < -0.3 is 15.4 Å². The Bertz CT molecular complexity index is 939. The summed E-state index contributed by atoms with van der Waals surface area (Å²) < 4.78 is 48.3. The first-order valence-corrected chi connectivity index (χ1v) is 11.2. The third kappa shape index (κ3) is 8.72. The minimum absolute atomic E-state index is 0.0157. The van der Waals surface area contributed by atoms with Crippen molar-refractivity contribution in [1.29, 1.82) is 0 Å². The first-order chi connectivity index (χ1) is 15.3. The van der Waals surface area contributed by atoms with E-state index < -0.39 is 36.3 Å². The van der Waals surface area contributed by atoms with Gasteiger partial charge in [0.15, 0.2) is 0 Å². The van der Waals surface area contributed by atoms with Crippen molar-refractivity contribution < 1.29 is 27.5 Å². The van der Waals surface area contributed by atoms with Gasteiger partial charge in [-0.25, -0.2) is 4.79 Å². The maximum absolute atomic E-state index is 14.1. The number of hydrogen-bond donors (Lipinski definition) is 2. The molecule has 2 aromatic carbocycles. The molecule has 9 heteroatoms. The van der Waals surface area contributed by atoms with Gasteiger partial charge in [-0.1, -0.05) is 40.2 Å². The smallest absolute Gasteiger partial charge is 0.407 e. The number of ether oxygens (including phenoxy) is 1. The summed E-state index contributed by atoms with van der Waals surface area (Å²) >= 11 is 3.34. The highest BCUT2D eigenvalue weighted by molar-refractivity contribution is 9.10. The van der Waals surface area contributed by atoms with Crippen LogP contribution in [0.4, 0.5) is 18.0 Å². The topological polar surface area (TPSA) is 67.4 Å². The Balaban J connectivity index is 2.32. The number of alkyl carbamates (subject to hydrolysis) is 1. The molecule has 0 heterocycles. The molecule has 0 saturated carbocycles. The zero-order chi connectivity index (χ0) is 24.8. The highest BCUT2D eigenvalue weighted by Gasteiger charge is 2.42. The van der Waals surface area contributed by atoms with Crippen LogP contribution < -0.4 is 10.6 Å². The molecule has 0 aliphatic heterocycles. The molecule has 0 saturated heterocycles. The lowest BCUT2D eigenvalue weighted by Gasteiger charge is -2.28. The van der Waals surface area contributed by atoms with E-state index in [4.69, 9.17) is 4.74 Å². The molecule has 2 N–H and O–H groups in total. The maximum Gasteiger partial charge on any atom is 0.407 e. The molecular formula is C24H28BrF3N2O3. The van der Waals surface area contributed by atoms with Crippen LogP contribution in [0, 0.1) is 0 Å². The number of alkyl halides is 3. The average molecular weight is 529 g/mol. The van der Waals surface area contributed by atoms with E-state index in [1.165, 1.54) is 31.3 Å². The van der Waals surface area contributed by atoms with Crippen LogP contribution in [0.25, 0.3) is 0 Å². The second kappa shape index (κ2) is 11.0. The highest BCUT2D eigenvalue weighted by Crippen LogP contribution is 2.39. The van der Waals surface area contributed by atoms with Crippen molar-refractivity contribution >= 4 is 27.9 Å². The Morgan fingerprint density at radius 2 is 1.58 bits per heavy atom. The predicted octanol–water partition coefficient (Wildman–Crippen LogP) is 5.98. The standard InChI is InChI=1S/C24H28BrF3N2O3/c1-23(2,3)33-22(32)30-19(13-15-5-11-18(25)12-6-15)14-20(24(26,27)28)16-7-9-17(10-8-16)21(31)29-4/h5-12,19-20H,13-14H2,1-4H3,(H,29,31)(H,30,32). The molecule has 180 valence electrons. The molecule has 0 aliphatic rings. The van der Waals surface area contributed by atoms with Crippen molar-refractivity contribution in [3.05, 3.63) is 69.7 Å². The molecule has 0 bridgehead atoms. The van der Waals surface area contributed by atoms with Gasteiger partial charge in [-0.15, -0.1) is 0 Å². The van der Waals surface area contributed by atoms with Gasteiger partial charge >= 0.3 is 12.3 Å². The van der Waals surface area contributed by atoms with Crippen LogP contribution in [0.15, 0.2) is 53.0 Å². The minimum Gasteiger partial charge on any atom is -0.444 e. The van der Waals surface area contributed by atoms with Gasteiger partial charge in [-0.05, 0) is 69.0 Å². The quantitative estimate of drug-likeness (QED) is 0.464. The van der Waals surface area contributed by atoms with Crippen molar-refractivity contribution in [3.8, 4) is 0 Å². The number of halogens is 4. The monoisotopic (exact) mass is 528 g/mol. The van der Waals surface area contributed by atoms with E-state index in [2.05, 4.69) is 26.6 Å². The number of rotatable bonds is 7. The Hall–Kier alpha value is -2.55. The second-order valence-electron chi connectivity index (χ2n) is 8.70. The molecule has 0 aliphatic carbocycles. The van der Waals surface area contributed by atoms with Crippen molar-refractivity contribution in [1.82, 2.24) is 10.6 Å². The molecule has 0 spiro atoms. The van der Waals surface area contributed by atoms with Crippen LogP contribution >= 0.6 is 15.9 Å². The largest absolute Gasteiger partial charge is 0.444 e. The lowest BCUT2D eigenvalue weighted by molar-refractivity contribution is -0.153. The third-order valence-corrected chi connectivity index (χ3v) is 5.36. The predicted molar refractivity (Wildman–Crippen MR) is 124 cm³/mol. The summed E-state index contributed by atoms with van der Waals surface area (Å²) in [5.74, 6) is -2.23. The first kappa shape index (κ1) is 26.7. The summed E-state index contributed by atoms with van der Waals surface area (Å²) in [6.07, 6.45) is -5.53. The molecule has 2 aromatic rings. The van der Waals surface area contributed by atoms with Gasteiger partial charge in [0, 0.05) is 23.1 Å². The van der Waals surface area contributed by atoms with E-state index in [1.54, 1.807) is 45.0 Å². The van der Waals surface area contributed by atoms with Crippen LogP contribution in [0.1, 0.15) is 54.6 Å². The summed E-state index contributed by atoms with van der Waals surface area (Å²) in [4.78, 5) is 24.1. The minimum atomic E-state index is -4.55. The summed E-state index contributed by atoms with van der Waals surface area (Å²) in [5.41, 5.74) is 0.267. The summed E-state index contributed by atoms with van der Waals surface area (Å²) in [7, 11) is 1.45. The number of carbonyl (C=O) groups is 2. The maximum atomic E-state index is 14.1. The van der Waals surface area contributed by atoms with Crippen molar-refractivity contribution in [2.24, 2.45) is 0 Å². The molecule has 2 unspecified atom stereocenters. The van der Waals surface area contributed by atoms with E-state index >= 15 is 0 Å². The summed E-state index contributed by atoms with van der Waals surface area (Å²) in [6, 6.07) is 11.6. The van der Waals surface area contributed by atoms with Crippen molar-refractivity contribution in [3.63, 3.8) is 0 Å². The molecular weight excluding hydrogens is 501 g/mol. The zero-order valence-corrected chi connectivity index (χ0v) is 20.5. The van der Waals surface area contributed by atoms with Gasteiger partial charge in [0.1, 0.15) is 5.60 Å². The number of benzene rings is 2. The number of hydrogen-bond acceptors (Lipinski definition) is 3. The van der Waals surface area contributed by atoms with E-state index in [0.29, 0.717) is 0 Å². The van der Waals surface area contributed by atoms with Gasteiger partial charge in [-0.3, -0.25) is 4.79 Å². The summed E-state index contributed by atoms with van der Waals surface area (Å²) in [6.45, 7) is 5.05. The SMILES string of the molecule is CNC(=O)c1ccc(C(CC(Cc2ccc(Br)cc2)NC(=O)OC(C)(C)C)C(F)(F)F)cc1. The van der Waals surface area contributed by atoms with Crippen molar-refractivity contribution in [2.75, 3.05) is 7.05 Å². The Kier molecular flexibility index (Phi) is 8.94. The van der Waals surface area contributed by atoms with Gasteiger partial charge in [0.2, 0.25) is 0 Å². The van der Waals surface area contributed by atoms with Crippen molar-refractivity contribution in [2.45, 2.75) is 57.3 Å². The van der Waals surface area contributed by atoms with E-state index in [1.807, 2.05) is 0 Å². The van der Waals surface area contributed by atoms with Crippen LogP contribution in [0.2, 0.25) is 0 Å². The van der Waals surface area contributed by atoms with E-state index in [-0.39, 0.29) is 23.5 Å². The van der Waals surface area contributed by atoms with Crippen LogP contribution in [0.5, 0.6) is 0 Å². The normalized spacial score (nSPS) is 13.7. The lowest BCUT2D eigenvalue weighted by atomic mass is 9.88. The number of nitrogens with one attached hydrogen (secondary N) is 2. The van der Waals surface area contributed by atoms with Gasteiger partial charge in [-0.2, -0.15) is 13.2 Å². The second-order valence-corrected chi connectivity index (χ2v) is 9.62. The Morgan fingerprint density at radius 3 is 2.06 bits per heavy atom. The molecule has 33 heavy (non-hydrogen) atoms. The number of carbonyl (C=O) groups excluding carboxylic acids is 2. The Labute approximate surface area is 200 Å². The average Bonchev–Trinajstić information content (AvgIpc) is 2.71. The van der Waals surface area contributed by atoms with Crippen LogP contribution in [-0.2, 0) is 11.2 Å². The van der Waals surface area contributed by atoms with E-state index in [9.17, 15) is 22.8 Å². The molecule has 5 nitrogen and oxygen atoms in total. The molecule has 0 aromatic heterocycles. The summed E-state index contributed by atoms with van der Waals surface area (Å²) in [5, 5.41) is 5.05. The first-order valence-electron chi connectivity index (χ1n) is 10.4. The molecule has 2 rings (SSSR count). The van der Waals surface area contributed by atoms with Gasteiger partial charge in [0.25, 0.3) is 5.91 Å².